The Balaban J connectivity index is 1.38. The molecule has 0 radical (unpaired) electrons. The van der Waals surface area contributed by atoms with E-state index in [1.54, 1.807) is 6.08 Å². The van der Waals surface area contributed by atoms with Crippen LogP contribution in [-0.4, -0.2) is 24.0 Å². The highest BCUT2D eigenvalue weighted by Gasteiger charge is 2.33. The quantitative estimate of drug-likeness (QED) is 0.290. The van der Waals surface area contributed by atoms with Crippen LogP contribution < -0.4 is 0 Å². The number of nitrogens with zero attached hydrogens (tertiary/aromatic N) is 1. The number of piperidine rings is 1. The molecule has 3 aromatic carbocycles. The van der Waals surface area contributed by atoms with E-state index in [2.05, 4.69) is 30.0 Å². The molecule has 162 valence electrons. The summed E-state index contributed by atoms with van der Waals surface area (Å²) < 4.78 is 16.7. The predicted molar refractivity (Wildman–Crippen MR) is 136 cm³/mol. The zero-order chi connectivity index (χ0) is 21.7. The third-order valence-corrected chi connectivity index (χ3v) is 8.61. The van der Waals surface area contributed by atoms with Gasteiger partial charge in [-0.25, -0.2) is 4.39 Å². The Hall–Kier alpha value is -2.49. The van der Waals surface area contributed by atoms with Crippen LogP contribution in [0.5, 0.6) is 0 Å². The molecule has 2 aliphatic rings. The Morgan fingerprint density at radius 3 is 2.81 bits per heavy atom. The maximum absolute atomic E-state index is 15.4. The fourth-order valence-corrected chi connectivity index (χ4v) is 7.13. The monoisotopic (exact) mass is 441 g/mol. The van der Waals surface area contributed by atoms with Crippen LogP contribution >= 0.6 is 11.3 Å². The number of halogens is 1. The highest BCUT2D eigenvalue weighted by Crippen LogP contribution is 2.43. The molecule has 32 heavy (non-hydrogen) atoms. The van der Waals surface area contributed by atoms with E-state index in [0.717, 1.165) is 22.4 Å². The molecule has 4 aromatic rings. The molecule has 0 spiro atoms. The molecule has 1 nitrogen and oxygen atoms in total. The first-order valence-corrected chi connectivity index (χ1v) is 12.6. The average molecular weight is 442 g/mol. The van der Waals surface area contributed by atoms with Crippen molar-refractivity contribution < 1.29 is 4.39 Å². The molecule has 2 fully saturated rings. The molecule has 2 aliphatic heterocycles. The van der Waals surface area contributed by atoms with Crippen LogP contribution in [0.4, 0.5) is 4.39 Å². The molecule has 6 rings (SSSR count). The van der Waals surface area contributed by atoms with Crippen LogP contribution in [0.3, 0.4) is 0 Å². The van der Waals surface area contributed by atoms with Crippen molar-refractivity contribution in [3.05, 3.63) is 82.2 Å². The van der Waals surface area contributed by atoms with Gasteiger partial charge in [-0.2, -0.15) is 0 Å². The molecule has 0 amide bonds. The molecule has 2 atom stereocenters. The molecule has 3 heterocycles. The van der Waals surface area contributed by atoms with Crippen molar-refractivity contribution in [1.29, 1.82) is 0 Å². The van der Waals surface area contributed by atoms with Crippen LogP contribution in [0, 0.1) is 6.92 Å². The van der Waals surface area contributed by atoms with E-state index in [0.29, 0.717) is 11.5 Å². The molecule has 2 unspecified atom stereocenters. The van der Waals surface area contributed by atoms with Gasteiger partial charge in [0.15, 0.2) is 0 Å². The number of thiophene rings is 1. The first-order valence-electron chi connectivity index (χ1n) is 11.8. The Bertz CT molecular complexity index is 1330. The molecular weight excluding hydrogens is 413 g/mol. The molecule has 0 saturated carbocycles. The van der Waals surface area contributed by atoms with Crippen LogP contribution in [0.2, 0.25) is 0 Å². The summed E-state index contributed by atoms with van der Waals surface area (Å²) >= 11 is 1.90. The Kier molecular flexibility index (Phi) is 5.12. The summed E-state index contributed by atoms with van der Waals surface area (Å²) in [6.07, 6.45) is 6.92. The Morgan fingerprint density at radius 1 is 1.00 bits per heavy atom. The normalized spacial score (nSPS) is 22.0. The van der Waals surface area contributed by atoms with Crippen LogP contribution in [0.15, 0.2) is 60.7 Å². The van der Waals surface area contributed by atoms with Gasteiger partial charge in [-0.1, -0.05) is 48.5 Å². The third kappa shape index (κ3) is 3.48. The summed E-state index contributed by atoms with van der Waals surface area (Å²) in [7, 11) is 0. The Labute approximate surface area is 193 Å². The summed E-state index contributed by atoms with van der Waals surface area (Å²) in [6, 6.07) is 21.1. The van der Waals surface area contributed by atoms with Crippen molar-refractivity contribution in [3.8, 4) is 0 Å². The van der Waals surface area contributed by atoms with E-state index < -0.39 is 0 Å². The number of hydrogen-bond acceptors (Lipinski definition) is 2. The highest BCUT2D eigenvalue weighted by atomic mass is 32.1. The van der Waals surface area contributed by atoms with Gasteiger partial charge in [0, 0.05) is 21.2 Å². The number of benzene rings is 3. The zero-order valence-electron chi connectivity index (χ0n) is 18.5. The van der Waals surface area contributed by atoms with Gasteiger partial charge in [0.25, 0.3) is 0 Å². The summed E-state index contributed by atoms with van der Waals surface area (Å²) in [4.78, 5) is 4.13. The minimum absolute atomic E-state index is 0.172. The van der Waals surface area contributed by atoms with Gasteiger partial charge in [-0.15, -0.1) is 11.3 Å². The minimum atomic E-state index is -0.172. The van der Waals surface area contributed by atoms with Crippen LogP contribution in [0.25, 0.3) is 32.8 Å². The van der Waals surface area contributed by atoms with Gasteiger partial charge in [0.2, 0.25) is 0 Å². The van der Waals surface area contributed by atoms with Gasteiger partial charge in [-0.05, 0) is 97.1 Å². The van der Waals surface area contributed by atoms with Crippen LogP contribution in [-0.2, 0) is 0 Å². The van der Waals surface area contributed by atoms with E-state index in [1.165, 1.54) is 59.3 Å². The molecule has 2 saturated heterocycles. The lowest BCUT2D eigenvalue weighted by Gasteiger charge is -2.35. The third-order valence-electron chi connectivity index (χ3n) is 7.51. The number of aryl methyl sites for hydroxylation is 1. The van der Waals surface area contributed by atoms with Crippen molar-refractivity contribution >= 4 is 44.1 Å². The maximum Gasteiger partial charge on any atom is 0.131 e. The van der Waals surface area contributed by atoms with Crippen LogP contribution in [0.1, 0.15) is 53.2 Å². The van der Waals surface area contributed by atoms with E-state index in [1.807, 2.05) is 53.8 Å². The van der Waals surface area contributed by atoms with Gasteiger partial charge in [-0.3, -0.25) is 0 Å². The summed E-state index contributed by atoms with van der Waals surface area (Å²) in [6.45, 7) is 4.78. The number of rotatable bonds is 3. The molecule has 0 bridgehead atoms. The van der Waals surface area contributed by atoms with Crippen molar-refractivity contribution in [2.45, 2.75) is 44.6 Å². The largest absolute Gasteiger partial charge is 0.300 e. The van der Waals surface area contributed by atoms with Crippen molar-refractivity contribution in [2.75, 3.05) is 13.1 Å². The summed E-state index contributed by atoms with van der Waals surface area (Å²) in [5.74, 6) is 0.458. The van der Waals surface area contributed by atoms with Crippen molar-refractivity contribution in [3.63, 3.8) is 0 Å². The lowest BCUT2D eigenvalue weighted by molar-refractivity contribution is 0.181. The van der Waals surface area contributed by atoms with E-state index >= 15 is 4.39 Å². The van der Waals surface area contributed by atoms with E-state index in [9.17, 15) is 0 Å². The second-order valence-corrected chi connectivity index (χ2v) is 10.7. The fraction of sp³-hybridized carbons (Fsp3) is 0.310. The van der Waals surface area contributed by atoms with E-state index in [4.69, 9.17) is 0 Å². The maximum atomic E-state index is 15.4. The number of hydrogen-bond donors (Lipinski definition) is 0. The summed E-state index contributed by atoms with van der Waals surface area (Å²) in [5, 5.41) is 3.36. The zero-order valence-corrected chi connectivity index (χ0v) is 19.3. The van der Waals surface area contributed by atoms with Crippen molar-refractivity contribution in [1.82, 2.24) is 4.90 Å². The SMILES string of the molecule is Cc1sc2ccc(C=C(F)c3cccc4ccccc34)cc2c1C1CCN2CCCC2C1. The van der Waals surface area contributed by atoms with Gasteiger partial charge < -0.3 is 4.90 Å². The minimum Gasteiger partial charge on any atom is -0.300 e. The molecule has 3 heteroatoms. The van der Waals surface area contributed by atoms with Crippen molar-refractivity contribution in [2.24, 2.45) is 0 Å². The summed E-state index contributed by atoms with van der Waals surface area (Å²) in [5.41, 5.74) is 3.14. The van der Waals surface area contributed by atoms with Gasteiger partial charge in [0.1, 0.15) is 5.83 Å². The van der Waals surface area contributed by atoms with E-state index in [-0.39, 0.29) is 5.83 Å². The second-order valence-electron chi connectivity index (χ2n) is 9.40. The van der Waals surface area contributed by atoms with Gasteiger partial charge in [0.05, 0.1) is 0 Å². The molecular formula is C29H28FNS. The average Bonchev–Trinajstić information content (AvgIpc) is 3.41. The first kappa shape index (κ1) is 20.1. The second kappa shape index (κ2) is 8.13. The fourth-order valence-electron chi connectivity index (χ4n) is 6.00. The lowest BCUT2D eigenvalue weighted by atomic mass is 9.84. The van der Waals surface area contributed by atoms with Gasteiger partial charge >= 0.3 is 0 Å². The molecule has 0 N–H and O–H groups in total. The first-order chi connectivity index (χ1) is 15.7. The smallest absolute Gasteiger partial charge is 0.131 e. The number of fused-ring (bicyclic) bond motifs is 3. The topological polar surface area (TPSA) is 3.24 Å². The molecule has 0 aliphatic carbocycles. The Morgan fingerprint density at radius 2 is 1.88 bits per heavy atom. The highest BCUT2D eigenvalue weighted by molar-refractivity contribution is 7.19. The molecule has 1 aromatic heterocycles. The predicted octanol–water partition coefficient (Wildman–Crippen LogP) is 8.17. The lowest BCUT2D eigenvalue weighted by Crippen LogP contribution is -2.37. The standard InChI is InChI=1S/C29H28FNS/c1-19-29(22-13-15-31-14-5-8-23(31)18-22)26-16-20(11-12-28(26)32-19)17-27(30)25-10-4-7-21-6-2-3-9-24(21)25/h2-4,6-7,9-12,16-17,22-23H,5,8,13-15,18H2,1H3.